The Morgan fingerprint density at radius 1 is 0.720 bits per heavy atom. The third-order valence-corrected chi connectivity index (χ3v) is 6.69. The lowest BCUT2D eigenvalue weighted by atomic mass is 9.78. The third kappa shape index (κ3) is 4.73. The quantitative estimate of drug-likeness (QED) is 0.510. The van der Waals surface area contributed by atoms with Crippen molar-refractivity contribution >= 4 is 5.97 Å². The van der Waals surface area contributed by atoms with Crippen molar-refractivity contribution < 1.29 is 9.90 Å². The minimum absolute atomic E-state index is 0.0467. The van der Waals surface area contributed by atoms with E-state index in [2.05, 4.69) is 10.6 Å². The molecular formula is C19H36N4O2. The summed E-state index contributed by atoms with van der Waals surface area (Å²) >= 11 is 0. The number of carbonyl (C=O) groups is 1. The van der Waals surface area contributed by atoms with E-state index >= 15 is 0 Å². The van der Waals surface area contributed by atoms with Gasteiger partial charge in [-0.15, -0.1) is 0 Å². The molecule has 25 heavy (non-hydrogen) atoms. The highest BCUT2D eigenvalue weighted by atomic mass is 16.4. The molecule has 3 aliphatic rings. The maximum absolute atomic E-state index is 11.9. The molecule has 144 valence electrons. The first-order chi connectivity index (χ1) is 12.1. The lowest BCUT2D eigenvalue weighted by molar-refractivity contribution is -0.144. The van der Waals surface area contributed by atoms with Crippen LogP contribution < -0.4 is 22.1 Å². The Morgan fingerprint density at radius 2 is 1.24 bits per heavy atom. The SMILES string of the molecule is NC1CCCCC1NC1CCCC(C(=O)O)C1NC1CCCCC1N. The van der Waals surface area contributed by atoms with Gasteiger partial charge in [-0.3, -0.25) is 4.79 Å². The minimum Gasteiger partial charge on any atom is -0.481 e. The predicted molar refractivity (Wildman–Crippen MR) is 99.3 cm³/mol. The Hall–Kier alpha value is -0.690. The van der Waals surface area contributed by atoms with Crippen LogP contribution >= 0.6 is 0 Å². The van der Waals surface area contributed by atoms with Gasteiger partial charge in [0.2, 0.25) is 0 Å². The molecule has 6 heteroatoms. The van der Waals surface area contributed by atoms with Gasteiger partial charge < -0.3 is 27.2 Å². The molecule has 3 aliphatic carbocycles. The van der Waals surface area contributed by atoms with E-state index in [9.17, 15) is 9.90 Å². The Labute approximate surface area is 151 Å². The van der Waals surface area contributed by atoms with Crippen LogP contribution in [0.15, 0.2) is 0 Å². The van der Waals surface area contributed by atoms with Gasteiger partial charge in [0.1, 0.15) is 0 Å². The van der Waals surface area contributed by atoms with Crippen LogP contribution in [0.2, 0.25) is 0 Å². The van der Waals surface area contributed by atoms with Crippen molar-refractivity contribution in [1.29, 1.82) is 0 Å². The lowest BCUT2D eigenvalue weighted by Gasteiger charge is -2.44. The number of carboxylic acid groups (broad SMARTS) is 1. The summed E-state index contributed by atoms with van der Waals surface area (Å²) in [5, 5.41) is 17.2. The minimum atomic E-state index is -0.679. The highest BCUT2D eigenvalue weighted by molar-refractivity contribution is 5.71. The maximum Gasteiger partial charge on any atom is 0.308 e. The first kappa shape index (κ1) is 19.1. The zero-order chi connectivity index (χ0) is 17.8. The monoisotopic (exact) mass is 352 g/mol. The molecule has 0 aromatic heterocycles. The van der Waals surface area contributed by atoms with Gasteiger partial charge in [0.25, 0.3) is 0 Å². The normalized spacial score (nSPS) is 42.9. The van der Waals surface area contributed by atoms with E-state index in [0.29, 0.717) is 6.04 Å². The van der Waals surface area contributed by atoms with Crippen molar-refractivity contribution in [2.75, 3.05) is 0 Å². The molecule has 0 heterocycles. The molecule has 7 atom stereocenters. The number of carboxylic acids is 1. The molecule has 6 nitrogen and oxygen atoms in total. The smallest absolute Gasteiger partial charge is 0.308 e. The van der Waals surface area contributed by atoms with E-state index in [-0.39, 0.29) is 36.1 Å². The molecule has 0 amide bonds. The van der Waals surface area contributed by atoms with Gasteiger partial charge in [0, 0.05) is 36.3 Å². The van der Waals surface area contributed by atoms with Crippen molar-refractivity contribution in [3.63, 3.8) is 0 Å². The van der Waals surface area contributed by atoms with E-state index in [1.54, 1.807) is 0 Å². The third-order valence-electron chi connectivity index (χ3n) is 6.69. The van der Waals surface area contributed by atoms with Crippen LogP contribution in [0.25, 0.3) is 0 Å². The Kier molecular flexibility index (Phi) is 6.72. The summed E-state index contributed by atoms with van der Waals surface area (Å²) in [6, 6.07) is 1.02. The number of rotatable bonds is 5. The highest BCUT2D eigenvalue weighted by Gasteiger charge is 2.41. The molecule has 0 saturated heterocycles. The second-order valence-corrected chi connectivity index (χ2v) is 8.45. The molecule has 0 bridgehead atoms. The van der Waals surface area contributed by atoms with Crippen molar-refractivity contribution in [2.45, 2.75) is 107 Å². The second kappa shape index (κ2) is 8.80. The zero-order valence-electron chi connectivity index (χ0n) is 15.3. The average Bonchev–Trinajstić information content (AvgIpc) is 2.60. The predicted octanol–water partition coefficient (Wildman–Crippen LogP) is 1.33. The van der Waals surface area contributed by atoms with Gasteiger partial charge in [0.15, 0.2) is 0 Å². The van der Waals surface area contributed by atoms with Crippen molar-refractivity contribution in [3.05, 3.63) is 0 Å². The molecule has 7 unspecified atom stereocenters. The van der Waals surface area contributed by atoms with Gasteiger partial charge in [0.05, 0.1) is 5.92 Å². The first-order valence-corrected chi connectivity index (χ1v) is 10.3. The molecule has 7 N–H and O–H groups in total. The molecule has 0 aromatic carbocycles. The number of aliphatic carboxylic acids is 1. The van der Waals surface area contributed by atoms with E-state index in [1.807, 2.05) is 0 Å². The fourth-order valence-corrected chi connectivity index (χ4v) is 5.15. The van der Waals surface area contributed by atoms with Crippen LogP contribution in [0.3, 0.4) is 0 Å². The Bertz CT molecular complexity index is 447. The summed E-state index contributed by atoms with van der Waals surface area (Å²) in [6.07, 6.45) is 11.8. The molecule has 3 fully saturated rings. The fourth-order valence-electron chi connectivity index (χ4n) is 5.15. The molecule has 0 radical (unpaired) electrons. The molecule has 0 aliphatic heterocycles. The number of nitrogens with two attached hydrogens (primary N) is 2. The van der Waals surface area contributed by atoms with E-state index in [1.165, 1.54) is 25.7 Å². The topological polar surface area (TPSA) is 113 Å². The standard InChI is InChI=1S/C19H36N4O2/c20-13-7-1-3-9-15(13)22-17-11-5-6-12(19(24)25)18(17)23-16-10-4-2-8-14(16)21/h12-18,22-23H,1-11,20-21H2,(H,24,25). The number of nitrogens with one attached hydrogen (secondary N) is 2. The van der Waals surface area contributed by atoms with Crippen LogP contribution in [0.4, 0.5) is 0 Å². The number of hydrogen-bond acceptors (Lipinski definition) is 5. The average molecular weight is 353 g/mol. The Morgan fingerprint density at radius 3 is 1.80 bits per heavy atom. The molecule has 0 aromatic rings. The van der Waals surface area contributed by atoms with Crippen LogP contribution in [0, 0.1) is 5.92 Å². The van der Waals surface area contributed by atoms with Crippen molar-refractivity contribution in [1.82, 2.24) is 10.6 Å². The second-order valence-electron chi connectivity index (χ2n) is 8.45. The van der Waals surface area contributed by atoms with Crippen LogP contribution in [0.1, 0.15) is 70.6 Å². The van der Waals surface area contributed by atoms with Gasteiger partial charge in [-0.2, -0.15) is 0 Å². The summed E-state index contributed by atoms with van der Waals surface area (Å²) in [5.41, 5.74) is 12.6. The maximum atomic E-state index is 11.9. The van der Waals surface area contributed by atoms with Crippen LogP contribution in [0.5, 0.6) is 0 Å². The van der Waals surface area contributed by atoms with Gasteiger partial charge in [-0.05, 0) is 38.5 Å². The van der Waals surface area contributed by atoms with Crippen molar-refractivity contribution in [2.24, 2.45) is 17.4 Å². The highest BCUT2D eigenvalue weighted by Crippen LogP contribution is 2.29. The van der Waals surface area contributed by atoms with E-state index in [0.717, 1.165) is 44.9 Å². The van der Waals surface area contributed by atoms with Gasteiger partial charge in [-0.25, -0.2) is 0 Å². The van der Waals surface area contributed by atoms with E-state index in [4.69, 9.17) is 11.5 Å². The van der Waals surface area contributed by atoms with Crippen molar-refractivity contribution in [3.8, 4) is 0 Å². The summed E-state index contributed by atoms with van der Waals surface area (Å²) < 4.78 is 0. The fraction of sp³-hybridized carbons (Fsp3) is 0.947. The van der Waals surface area contributed by atoms with Crippen LogP contribution in [-0.2, 0) is 4.79 Å². The molecular weight excluding hydrogens is 316 g/mol. The summed E-state index contributed by atoms with van der Waals surface area (Å²) in [5.74, 6) is -1.01. The molecule has 3 saturated carbocycles. The molecule has 3 rings (SSSR count). The van der Waals surface area contributed by atoms with Gasteiger partial charge >= 0.3 is 5.97 Å². The summed E-state index contributed by atoms with van der Waals surface area (Å²) in [7, 11) is 0. The summed E-state index contributed by atoms with van der Waals surface area (Å²) in [6.45, 7) is 0. The first-order valence-electron chi connectivity index (χ1n) is 10.3. The summed E-state index contributed by atoms with van der Waals surface area (Å²) in [4.78, 5) is 11.9. The molecule has 0 spiro atoms. The van der Waals surface area contributed by atoms with Gasteiger partial charge in [-0.1, -0.05) is 32.1 Å². The zero-order valence-corrected chi connectivity index (χ0v) is 15.3. The Balaban J connectivity index is 1.70. The number of hydrogen-bond donors (Lipinski definition) is 5. The van der Waals surface area contributed by atoms with Crippen LogP contribution in [-0.4, -0.2) is 47.3 Å². The van der Waals surface area contributed by atoms with E-state index < -0.39 is 5.97 Å². The largest absolute Gasteiger partial charge is 0.481 e. The lowest BCUT2D eigenvalue weighted by Crippen LogP contribution is -2.64.